The molecule has 152 valence electrons. The topological polar surface area (TPSA) is 101 Å². The normalized spacial score (nSPS) is 11.4. The van der Waals surface area contributed by atoms with Gasteiger partial charge in [0.15, 0.2) is 0 Å². The number of aromatic nitrogens is 1. The minimum Gasteiger partial charge on any atom is -0.361 e. The van der Waals surface area contributed by atoms with E-state index < -0.39 is 15.8 Å². The fraction of sp³-hybridized carbons (Fsp3) is 0.200. The Morgan fingerprint density at radius 3 is 2.41 bits per heavy atom. The Bertz CT molecular complexity index is 1120. The molecule has 2 N–H and O–H groups in total. The largest absolute Gasteiger partial charge is 0.361 e. The lowest BCUT2D eigenvalue weighted by Gasteiger charge is -2.10. The summed E-state index contributed by atoms with van der Waals surface area (Å²) in [5.41, 5.74) is 1.97. The van der Waals surface area contributed by atoms with Crippen LogP contribution in [0.15, 0.2) is 57.9 Å². The van der Waals surface area contributed by atoms with Gasteiger partial charge >= 0.3 is 0 Å². The lowest BCUT2D eigenvalue weighted by atomic mass is 10.2. The number of nitrogens with one attached hydrogen (secondary N) is 2. The van der Waals surface area contributed by atoms with E-state index in [1.54, 1.807) is 32.0 Å². The standard InChI is InChI=1S/C20H20FN3O4S/c1-13-19(14(2)28-24-13)20(25)22-11-16-6-4-8-18(10-16)29(26,27)23-12-15-5-3-7-17(21)9-15/h3-10,23H,11-12H2,1-2H3,(H,22,25). The first-order chi connectivity index (χ1) is 13.8. The fourth-order valence-corrected chi connectivity index (χ4v) is 3.90. The molecule has 0 aliphatic carbocycles. The number of hydrogen-bond acceptors (Lipinski definition) is 5. The van der Waals surface area contributed by atoms with Gasteiger partial charge in [-0.05, 0) is 49.2 Å². The molecule has 0 aliphatic rings. The molecule has 9 heteroatoms. The zero-order valence-electron chi connectivity index (χ0n) is 15.9. The summed E-state index contributed by atoms with van der Waals surface area (Å²) in [4.78, 5) is 12.4. The van der Waals surface area contributed by atoms with Crippen molar-refractivity contribution in [2.45, 2.75) is 31.8 Å². The van der Waals surface area contributed by atoms with E-state index >= 15 is 0 Å². The molecule has 2 aromatic carbocycles. The third-order valence-corrected chi connectivity index (χ3v) is 5.68. The first-order valence-corrected chi connectivity index (χ1v) is 10.3. The van der Waals surface area contributed by atoms with Crippen LogP contribution in [0.5, 0.6) is 0 Å². The van der Waals surface area contributed by atoms with Gasteiger partial charge in [0.05, 0.1) is 10.6 Å². The highest BCUT2D eigenvalue weighted by atomic mass is 32.2. The summed E-state index contributed by atoms with van der Waals surface area (Å²) in [6, 6.07) is 11.9. The number of amides is 1. The summed E-state index contributed by atoms with van der Waals surface area (Å²) < 4.78 is 45.8. The van der Waals surface area contributed by atoms with Crippen LogP contribution < -0.4 is 10.0 Å². The Hall–Kier alpha value is -3.04. The van der Waals surface area contributed by atoms with Crippen molar-refractivity contribution >= 4 is 15.9 Å². The zero-order chi connectivity index (χ0) is 21.0. The highest BCUT2D eigenvalue weighted by Crippen LogP contribution is 2.15. The highest BCUT2D eigenvalue weighted by molar-refractivity contribution is 7.89. The molecule has 0 aliphatic heterocycles. The predicted octanol–water partition coefficient (Wildman–Crippen LogP) is 2.84. The molecule has 0 fully saturated rings. The molecule has 1 heterocycles. The van der Waals surface area contributed by atoms with Crippen LogP contribution in [0, 0.1) is 19.7 Å². The number of halogens is 1. The third kappa shape index (κ3) is 5.07. The van der Waals surface area contributed by atoms with E-state index in [-0.39, 0.29) is 23.9 Å². The molecule has 0 unspecified atom stereocenters. The number of hydrogen-bond donors (Lipinski definition) is 2. The lowest BCUT2D eigenvalue weighted by Crippen LogP contribution is -2.25. The van der Waals surface area contributed by atoms with E-state index in [2.05, 4.69) is 15.2 Å². The Kier molecular flexibility index (Phi) is 6.09. The maximum absolute atomic E-state index is 13.2. The van der Waals surface area contributed by atoms with Gasteiger partial charge in [0.25, 0.3) is 5.91 Å². The van der Waals surface area contributed by atoms with Crippen LogP contribution in [-0.4, -0.2) is 19.5 Å². The second-order valence-corrected chi connectivity index (χ2v) is 8.25. The van der Waals surface area contributed by atoms with Crippen molar-refractivity contribution in [3.8, 4) is 0 Å². The maximum Gasteiger partial charge on any atom is 0.257 e. The summed E-state index contributed by atoms with van der Waals surface area (Å²) in [5.74, 6) is -0.366. The smallest absolute Gasteiger partial charge is 0.257 e. The third-order valence-electron chi connectivity index (χ3n) is 4.28. The van der Waals surface area contributed by atoms with Gasteiger partial charge in [0, 0.05) is 13.1 Å². The molecule has 0 saturated carbocycles. The molecule has 0 saturated heterocycles. The molecule has 0 spiro atoms. The number of benzene rings is 2. The van der Waals surface area contributed by atoms with E-state index in [1.165, 1.54) is 30.3 Å². The molecule has 3 rings (SSSR count). The SMILES string of the molecule is Cc1noc(C)c1C(=O)NCc1cccc(S(=O)(=O)NCc2cccc(F)c2)c1. The predicted molar refractivity (Wildman–Crippen MR) is 104 cm³/mol. The van der Waals surface area contributed by atoms with Crippen molar-refractivity contribution in [1.29, 1.82) is 0 Å². The van der Waals surface area contributed by atoms with Crippen molar-refractivity contribution in [3.63, 3.8) is 0 Å². The number of carbonyl (C=O) groups excluding carboxylic acids is 1. The second-order valence-electron chi connectivity index (χ2n) is 6.48. The molecule has 1 aromatic heterocycles. The van der Waals surface area contributed by atoms with Crippen molar-refractivity contribution in [1.82, 2.24) is 15.2 Å². The number of rotatable bonds is 7. The Labute approximate surface area is 168 Å². The summed E-state index contributed by atoms with van der Waals surface area (Å²) in [5, 5.41) is 6.47. The summed E-state index contributed by atoms with van der Waals surface area (Å²) in [6.07, 6.45) is 0. The molecule has 0 atom stereocenters. The van der Waals surface area contributed by atoms with Gasteiger partial charge in [0.2, 0.25) is 10.0 Å². The fourth-order valence-electron chi connectivity index (χ4n) is 2.81. The van der Waals surface area contributed by atoms with E-state index in [1.807, 2.05) is 0 Å². The van der Waals surface area contributed by atoms with Crippen LogP contribution in [0.2, 0.25) is 0 Å². The van der Waals surface area contributed by atoms with Crippen molar-refractivity contribution in [2.75, 3.05) is 0 Å². The Balaban J connectivity index is 1.67. The van der Waals surface area contributed by atoms with Crippen LogP contribution in [0.1, 0.15) is 32.9 Å². The van der Waals surface area contributed by atoms with E-state index in [0.717, 1.165) is 0 Å². The van der Waals surface area contributed by atoms with E-state index in [0.29, 0.717) is 28.1 Å². The van der Waals surface area contributed by atoms with Crippen molar-refractivity contribution in [3.05, 3.63) is 82.5 Å². The second kappa shape index (κ2) is 8.54. The van der Waals surface area contributed by atoms with Gasteiger partial charge in [-0.25, -0.2) is 17.5 Å². The van der Waals surface area contributed by atoms with Crippen molar-refractivity contribution in [2.24, 2.45) is 0 Å². The van der Waals surface area contributed by atoms with E-state index in [9.17, 15) is 17.6 Å². The van der Waals surface area contributed by atoms with Gasteiger partial charge in [-0.2, -0.15) is 0 Å². The van der Waals surface area contributed by atoms with Crippen LogP contribution >= 0.6 is 0 Å². The van der Waals surface area contributed by atoms with Crippen LogP contribution in [0.25, 0.3) is 0 Å². The lowest BCUT2D eigenvalue weighted by molar-refractivity contribution is 0.0949. The molecule has 0 radical (unpaired) electrons. The quantitative estimate of drug-likeness (QED) is 0.616. The average molecular weight is 417 g/mol. The first kappa shape index (κ1) is 20.7. The highest BCUT2D eigenvalue weighted by Gasteiger charge is 2.18. The van der Waals surface area contributed by atoms with Crippen LogP contribution in [-0.2, 0) is 23.1 Å². The number of aryl methyl sites for hydroxylation is 2. The van der Waals surface area contributed by atoms with Crippen LogP contribution in [0.4, 0.5) is 4.39 Å². The molecule has 1 amide bonds. The van der Waals surface area contributed by atoms with Gasteiger partial charge in [-0.3, -0.25) is 4.79 Å². The first-order valence-electron chi connectivity index (χ1n) is 8.80. The van der Waals surface area contributed by atoms with Crippen LogP contribution in [0.3, 0.4) is 0 Å². The molecule has 29 heavy (non-hydrogen) atoms. The van der Waals surface area contributed by atoms with Crippen molar-refractivity contribution < 1.29 is 22.1 Å². The Morgan fingerprint density at radius 1 is 1.07 bits per heavy atom. The van der Waals surface area contributed by atoms with Gasteiger partial charge in [-0.1, -0.05) is 29.4 Å². The van der Waals surface area contributed by atoms with E-state index in [4.69, 9.17) is 4.52 Å². The summed E-state index contributed by atoms with van der Waals surface area (Å²) in [7, 11) is -3.80. The molecular weight excluding hydrogens is 397 g/mol. The summed E-state index contributed by atoms with van der Waals surface area (Å²) in [6.45, 7) is 3.42. The van der Waals surface area contributed by atoms with Gasteiger partial charge < -0.3 is 9.84 Å². The minimum atomic E-state index is -3.80. The monoisotopic (exact) mass is 417 g/mol. The molecule has 3 aromatic rings. The number of nitrogens with zero attached hydrogens (tertiary/aromatic N) is 1. The number of sulfonamides is 1. The summed E-state index contributed by atoms with van der Waals surface area (Å²) >= 11 is 0. The number of carbonyl (C=O) groups is 1. The maximum atomic E-state index is 13.2. The molecular formula is C20H20FN3O4S. The minimum absolute atomic E-state index is 0.0346. The Morgan fingerprint density at radius 2 is 1.76 bits per heavy atom. The molecule has 7 nitrogen and oxygen atoms in total. The zero-order valence-corrected chi connectivity index (χ0v) is 16.7. The van der Waals surface area contributed by atoms with Gasteiger partial charge in [-0.15, -0.1) is 0 Å². The molecule has 0 bridgehead atoms. The average Bonchev–Trinajstić information content (AvgIpc) is 3.03. The van der Waals surface area contributed by atoms with Gasteiger partial charge in [0.1, 0.15) is 17.1 Å².